The second kappa shape index (κ2) is 9.20. The molecule has 1 amide bonds. The molecule has 4 heteroatoms. The zero-order chi connectivity index (χ0) is 18.2. The van der Waals surface area contributed by atoms with Crippen LogP contribution in [0.5, 0.6) is 5.75 Å². The molecular formula is C22H23NO2S. The van der Waals surface area contributed by atoms with Gasteiger partial charge in [-0.25, -0.2) is 0 Å². The number of benzene rings is 2. The van der Waals surface area contributed by atoms with Gasteiger partial charge in [-0.1, -0.05) is 37.6 Å². The molecule has 2 aromatic carbocycles. The average molecular weight is 365 g/mol. The number of thiophene rings is 1. The van der Waals surface area contributed by atoms with Gasteiger partial charge < -0.3 is 10.1 Å². The van der Waals surface area contributed by atoms with Crippen molar-refractivity contribution >= 4 is 17.2 Å². The van der Waals surface area contributed by atoms with E-state index < -0.39 is 0 Å². The van der Waals surface area contributed by atoms with Crippen LogP contribution in [0, 0.1) is 0 Å². The highest BCUT2D eigenvalue weighted by Gasteiger charge is 2.09. The van der Waals surface area contributed by atoms with Gasteiger partial charge in [0.1, 0.15) is 5.75 Å². The van der Waals surface area contributed by atoms with E-state index in [1.54, 1.807) is 23.5 Å². The molecule has 0 spiro atoms. The molecule has 3 aromatic rings. The second-order valence-electron chi connectivity index (χ2n) is 6.08. The topological polar surface area (TPSA) is 38.3 Å². The first kappa shape index (κ1) is 18.2. The standard InChI is InChI=1S/C22H23NO2S/c1-2-3-13-25-20-10-8-17(9-11-20)22(24)23-15-18-6-4-5-7-21(18)19-12-14-26-16-19/h4-12,14,16H,2-3,13,15H2,1H3,(H,23,24). The van der Waals surface area contributed by atoms with Crippen molar-refractivity contribution in [1.29, 1.82) is 0 Å². The maximum Gasteiger partial charge on any atom is 0.251 e. The molecule has 1 N–H and O–H groups in total. The number of amides is 1. The summed E-state index contributed by atoms with van der Waals surface area (Å²) in [7, 11) is 0. The molecule has 0 aliphatic heterocycles. The Morgan fingerprint density at radius 2 is 1.88 bits per heavy atom. The summed E-state index contributed by atoms with van der Waals surface area (Å²) in [5.41, 5.74) is 4.10. The van der Waals surface area contributed by atoms with Gasteiger partial charge in [-0.05, 0) is 64.2 Å². The number of carbonyl (C=O) groups excluding carboxylic acids is 1. The van der Waals surface area contributed by atoms with Gasteiger partial charge in [-0.3, -0.25) is 4.79 Å². The van der Waals surface area contributed by atoms with Gasteiger partial charge in [0.15, 0.2) is 0 Å². The van der Waals surface area contributed by atoms with Crippen molar-refractivity contribution in [2.75, 3.05) is 6.61 Å². The minimum absolute atomic E-state index is 0.0785. The second-order valence-corrected chi connectivity index (χ2v) is 6.86. The molecule has 0 aliphatic rings. The fraction of sp³-hybridized carbons (Fsp3) is 0.227. The summed E-state index contributed by atoms with van der Waals surface area (Å²) in [6, 6.07) is 17.6. The third kappa shape index (κ3) is 4.73. The molecule has 0 radical (unpaired) electrons. The van der Waals surface area contributed by atoms with Crippen molar-refractivity contribution in [1.82, 2.24) is 5.32 Å². The van der Waals surface area contributed by atoms with Gasteiger partial charge in [-0.15, -0.1) is 0 Å². The molecule has 0 bridgehead atoms. The molecule has 0 atom stereocenters. The minimum Gasteiger partial charge on any atom is -0.494 e. The highest BCUT2D eigenvalue weighted by molar-refractivity contribution is 7.08. The van der Waals surface area contributed by atoms with Crippen LogP contribution >= 0.6 is 11.3 Å². The fourth-order valence-electron chi connectivity index (χ4n) is 2.69. The number of carbonyl (C=O) groups is 1. The first-order valence-corrected chi connectivity index (χ1v) is 9.83. The van der Waals surface area contributed by atoms with E-state index in [9.17, 15) is 4.79 Å². The predicted octanol–water partition coefficient (Wildman–Crippen LogP) is 5.52. The van der Waals surface area contributed by atoms with Crippen molar-refractivity contribution in [3.63, 3.8) is 0 Å². The van der Waals surface area contributed by atoms with E-state index in [2.05, 4.69) is 41.2 Å². The summed E-state index contributed by atoms with van der Waals surface area (Å²) < 4.78 is 5.64. The largest absolute Gasteiger partial charge is 0.494 e. The Morgan fingerprint density at radius 1 is 1.08 bits per heavy atom. The summed E-state index contributed by atoms with van der Waals surface area (Å²) in [5, 5.41) is 7.20. The predicted molar refractivity (Wildman–Crippen MR) is 108 cm³/mol. The van der Waals surface area contributed by atoms with Gasteiger partial charge in [0, 0.05) is 12.1 Å². The lowest BCUT2D eigenvalue weighted by atomic mass is 10.0. The quantitative estimate of drug-likeness (QED) is 0.534. The number of hydrogen-bond donors (Lipinski definition) is 1. The van der Waals surface area contributed by atoms with Crippen LogP contribution in [0.1, 0.15) is 35.7 Å². The Bertz CT molecular complexity index is 826. The summed E-state index contributed by atoms with van der Waals surface area (Å²) in [6.07, 6.45) is 2.14. The Hall–Kier alpha value is -2.59. The smallest absolute Gasteiger partial charge is 0.251 e. The Morgan fingerprint density at radius 3 is 2.62 bits per heavy atom. The van der Waals surface area contributed by atoms with Crippen LogP contribution in [0.25, 0.3) is 11.1 Å². The zero-order valence-electron chi connectivity index (χ0n) is 14.9. The zero-order valence-corrected chi connectivity index (χ0v) is 15.7. The molecule has 3 nitrogen and oxygen atoms in total. The van der Waals surface area contributed by atoms with Gasteiger partial charge >= 0.3 is 0 Å². The molecular weight excluding hydrogens is 342 g/mol. The molecule has 3 rings (SSSR count). The molecule has 0 aliphatic carbocycles. The molecule has 0 saturated heterocycles. The third-order valence-electron chi connectivity index (χ3n) is 4.17. The fourth-order valence-corrected chi connectivity index (χ4v) is 3.34. The molecule has 1 heterocycles. The highest BCUT2D eigenvalue weighted by atomic mass is 32.1. The van der Waals surface area contributed by atoms with Crippen LogP contribution in [-0.2, 0) is 6.54 Å². The Balaban J connectivity index is 1.61. The lowest BCUT2D eigenvalue weighted by molar-refractivity contribution is 0.0951. The normalized spacial score (nSPS) is 10.5. The molecule has 0 saturated carbocycles. The third-order valence-corrected chi connectivity index (χ3v) is 4.86. The lowest BCUT2D eigenvalue weighted by Gasteiger charge is -2.10. The van der Waals surface area contributed by atoms with Gasteiger partial charge in [0.2, 0.25) is 0 Å². The van der Waals surface area contributed by atoms with Crippen molar-refractivity contribution in [3.05, 3.63) is 76.5 Å². The number of nitrogens with one attached hydrogen (secondary N) is 1. The van der Waals surface area contributed by atoms with E-state index in [0.717, 1.165) is 29.7 Å². The summed E-state index contributed by atoms with van der Waals surface area (Å²) in [5.74, 6) is 0.725. The molecule has 26 heavy (non-hydrogen) atoms. The molecule has 0 unspecified atom stereocenters. The van der Waals surface area contributed by atoms with E-state index in [1.807, 2.05) is 24.3 Å². The minimum atomic E-state index is -0.0785. The monoisotopic (exact) mass is 365 g/mol. The Kier molecular flexibility index (Phi) is 6.45. The van der Waals surface area contributed by atoms with Crippen molar-refractivity contribution in [2.24, 2.45) is 0 Å². The summed E-state index contributed by atoms with van der Waals surface area (Å²) in [6.45, 7) is 3.34. The molecule has 134 valence electrons. The summed E-state index contributed by atoms with van der Waals surface area (Å²) in [4.78, 5) is 12.4. The van der Waals surface area contributed by atoms with Crippen molar-refractivity contribution in [3.8, 4) is 16.9 Å². The van der Waals surface area contributed by atoms with Crippen molar-refractivity contribution < 1.29 is 9.53 Å². The van der Waals surface area contributed by atoms with Crippen molar-refractivity contribution in [2.45, 2.75) is 26.3 Å². The van der Waals surface area contributed by atoms with Gasteiger partial charge in [0.05, 0.1) is 6.61 Å². The lowest BCUT2D eigenvalue weighted by Crippen LogP contribution is -2.23. The van der Waals surface area contributed by atoms with Crippen LogP contribution in [0.15, 0.2) is 65.4 Å². The Labute approximate surface area is 158 Å². The number of ether oxygens (including phenoxy) is 1. The van der Waals surface area contributed by atoms with Crippen LogP contribution < -0.4 is 10.1 Å². The van der Waals surface area contributed by atoms with E-state index >= 15 is 0 Å². The van der Waals surface area contributed by atoms with Gasteiger partial charge in [-0.2, -0.15) is 11.3 Å². The van der Waals surface area contributed by atoms with E-state index in [1.165, 1.54) is 5.56 Å². The van der Waals surface area contributed by atoms with Crippen LogP contribution in [0.2, 0.25) is 0 Å². The summed E-state index contributed by atoms with van der Waals surface area (Å²) >= 11 is 1.67. The number of rotatable bonds is 8. The number of hydrogen-bond acceptors (Lipinski definition) is 3. The van der Waals surface area contributed by atoms with Crippen LogP contribution in [0.3, 0.4) is 0 Å². The van der Waals surface area contributed by atoms with E-state index in [4.69, 9.17) is 4.74 Å². The van der Waals surface area contributed by atoms with Crippen LogP contribution in [-0.4, -0.2) is 12.5 Å². The maximum atomic E-state index is 12.4. The highest BCUT2D eigenvalue weighted by Crippen LogP contribution is 2.25. The van der Waals surface area contributed by atoms with Crippen LogP contribution in [0.4, 0.5) is 0 Å². The maximum absolute atomic E-state index is 12.4. The first-order chi connectivity index (χ1) is 12.8. The molecule has 0 fully saturated rings. The van der Waals surface area contributed by atoms with E-state index in [0.29, 0.717) is 18.7 Å². The average Bonchev–Trinajstić information content (AvgIpc) is 3.22. The number of unbranched alkanes of at least 4 members (excludes halogenated alkanes) is 1. The first-order valence-electron chi connectivity index (χ1n) is 8.89. The SMILES string of the molecule is CCCCOc1ccc(C(=O)NCc2ccccc2-c2ccsc2)cc1. The van der Waals surface area contributed by atoms with E-state index in [-0.39, 0.29) is 5.91 Å². The molecule has 1 aromatic heterocycles. The van der Waals surface area contributed by atoms with Gasteiger partial charge in [0.25, 0.3) is 5.91 Å².